The van der Waals surface area contributed by atoms with Crippen LogP contribution >= 0.6 is 0 Å². The van der Waals surface area contributed by atoms with Gasteiger partial charge in [-0.15, -0.1) is 0 Å². The highest BCUT2D eigenvalue weighted by molar-refractivity contribution is 5.31. The zero-order valence-corrected chi connectivity index (χ0v) is 10.5. The van der Waals surface area contributed by atoms with Crippen LogP contribution < -0.4 is 9.47 Å². The molecule has 19 heavy (non-hydrogen) atoms. The van der Waals surface area contributed by atoms with E-state index in [4.69, 9.17) is 9.47 Å². The lowest BCUT2D eigenvalue weighted by Gasteiger charge is -2.13. The Labute approximate surface area is 111 Å². The quantitative estimate of drug-likeness (QED) is 0.900. The molecular weight excluding hydrogens is 247 g/mol. The molecule has 0 radical (unpaired) electrons. The topological polar surface area (TPSA) is 38.7 Å². The predicted octanol–water partition coefficient (Wildman–Crippen LogP) is 2.95. The van der Waals surface area contributed by atoms with Gasteiger partial charge in [0.15, 0.2) is 0 Å². The Hall–Kier alpha value is -2.07. The molecule has 0 heterocycles. The van der Waals surface area contributed by atoms with E-state index >= 15 is 0 Å². The number of halogens is 1. The van der Waals surface area contributed by atoms with Crippen molar-refractivity contribution >= 4 is 0 Å². The third-order valence-corrected chi connectivity index (χ3v) is 2.70. The summed E-state index contributed by atoms with van der Waals surface area (Å²) in [5.41, 5.74) is 0.494. The van der Waals surface area contributed by atoms with Crippen molar-refractivity contribution < 1.29 is 19.0 Å². The second-order valence-corrected chi connectivity index (χ2v) is 4.06. The number of aliphatic hydroxyl groups is 1. The zero-order valence-electron chi connectivity index (χ0n) is 10.5. The predicted molar refractivity (Wildman–Crippen MR) is 69.8 cm³/mol. The van der Waals surface area contributed by atoms with Crippen LogP contribution in [0.4, 0.5) is 4.39 Å². The molecule has 0 aliphatic heterocycles. The van der Waals surface area contributed by atoms with Crippen LogP contribution in [-0.2, 0) is 0 Å². The monoisotopic (exact) mass is 262 g/mol. The summed E-state index contributed by atoms with van der Waals surface area (Å²) in [7, 11) is 1.59. The van der Waals surface area contributed by atoms with Gasteiger partial charge < -0.3 is 14.6 Å². The second kappa shape index (κ2) is 6.20. The van der Waals surface area contributed by atoms with E-state index < -0.39 is 6.10 Å². The third-order valence-electron chi connectivity index (χ3n) is 2.70. The van der Waals surface area contributed by atoms with Crippen LogP contribution in [0.2, 0.25) is 0 Å². The van der Waals surface area contributed by atoms with Gasteiger partial charge in [-0.1, -0.05) is 12.1 Å². The Kier molecular flexibility index (Phi) is 4.36. The Morgan fingerprint density at radius 2 is 1.79 bits per heavy atom. The van der Waals surface area contributed by atoms with Crippen LogP contribution in [0.15, 0.2) is 48.5 Å². The fourth-order valence-electron chi connectivity index (χ4n) is 1.66. The van der Waals surface area contributed by atoms with Crippen LogP contribution in [0.1, 0.15) is 11.7 Å². The molecule has 4 heteroatoms. The van der Waals surface area contributed by atoms with Crippen molar-refractivity contribution in [2.75, 3.05) is 13.7 Å². The molecule has 3 nitrogen and oxygen atoms in total. The highest BCUT2D eigenvalue weighted by Crippen LogP contribution is 2.20. The summed E-state index contributed by atoms with van der Waals surface area (Å²) in [6.45, 7) is 0.0653. The molecule has 2 aromatic rings. The number of benzene rings is 2. The first-order valence-corrected chi connectivity index (χ1v) is 5.89. The van der Waals surface area contributed by atoms with Crippen LogP contribution in [0.3, 0.4) is 0 Å². The van der Waals surface area contributed by atoms with Crippen LogP contribution in [0.25, 0.3) is 0 Å². The van der Waals surface area contributed by atoms with E-state index in [1.807, 2.05) is 0 Å². The van der Waals surface area contributed by atoms with Crippen molar-refractivity contribution in [1.29, 1.82) is 0 Å². The molecule has 0 bridgehead atoms. The molecule has 2 rings (SSSR count). The van der Waals surface area contributed by atoms with Gasteiger partial charge in [0, 0.05) is 0 Å². The Morgan fingerprint density at radius 1 is 1.11 bits per heavy atom. The van der Waals surface area contributed by atoms with Gasteiger partial charge in [-0.05, 0) is 42.0 Å². The molecule has 0 saturated carbocycles. The number of hydrogen-bond donors (Lipinski definition) is 1. The highest BCUT2D eigenvalue weighted by Gasteiger charge is 2.09. The zero-order chi connectivity index (χ0) is 13.7. The van der Waals surface area contributed by atoms with Crippen molar-refractivity contribution in [3.05, 3.63) is 59.9 Å². The van der Waals surface area contributed by atoms with Crippen molar-refractivity contribution in [1.82, 2.24) is 0 Å². The number of aliphatic hydroxyl groups excluding tert-OH is 1. The third kappa shape index (κ3) is 3.69. The molecule has 0 spiro atoms. The average Bonchev–Trinajstić information content (AvgIpc) is 2.45. The SMILES string of the molecule is COc1ccc(OCC(O)c2cccc(F)c2)cc1. The molecule has 1 unspecified atom stereocenters. The number of methoxy groups -OCH3 is 1. The molecule has 0 saturated heterocycles. The molecular formula is C15H15FO3. The fourth-order valence-corrected chi connectivity index (χ4v) is 1.66. The summed E-state index contributed by atoms with van der Waals surface area (Å²) in [4.78, 5) is 0. The minimum absolute atomic E-state index is 0.0653. The van der Waals surface area contributed by atoms with Gasteiger partial charge in [-0.3, -0.25) is 0 Å². The minimum Gasteiger partial charge on any atom is -0.497 e. The lowest BCUT2D eigenvalue weighted by atomic mass is 10.1. The van der Waals surface area contributed by atoms with E-state index in [1.165, 1.54) is 12.1 Å². The number of hydrogen-bond acceptors (Lipinski definition) is 3. The molecule has 1 atom stereocenters. The van der Waals surface area contributed by atoms with E-state index in [0.29, 0.717) is 11.3 Å². The normalized spacial score (nSPS) is 11.9. The first-order valence-electron chi connectivity index (χ1n) is 5.89. The second-order valence-electron chi connectivity index (χ2n) is 4.06. The van der Waals surface area contributed by atoms with E-state index in [2.05, 4.69) is 0 Å². The molecule has 0 fully saturated rings. The van der Waals surface area contributed by atoms with Gasteiger partial charge in [0.2, 0.25) is 0 Å². The van der Waals surface area contributed by atoms with E-state index in [-0.39, 0.29) is 12.4 Å². The van der Waals surface area contributed by atoms with Crippen molar-refractivity contribution in [2.24, 2.45) is 0 Å². The minimum atomic E-state index is -0.863. The molecule has 2 aromatic carbocycles. The molecule has 0 aliphatic rings. The molecule has 100 valence electrons. The maximum Gasteiger partial charge on any atom is 0.123 e. The molecule has 0 aliphatic carbocycles. The molecule has 0 amide bonds. The summed E-state index contributed by atoms with van der Waals surface area (Å²) in [5.74, 6) is 0.982. The van der Waals surface area contributed by atoms with Crippen LogP contribution in [-0.4, -0.2) is 18.8 Å². The standard InChI is InChI=1S/C15H15FO3/c1-18-13-5-7-14(8-6-13)19-10-15(17)11-3-2-4-12(16)9-11/h2-9,15,17H,10H2,1H3. The lowest BCUT2D eigenvalue weighted by Crippen LogP contribution is -2.09. The van der Waals surface area contributed by atoms with Crippen molar-refractivity contribution in [2.45, 2.75) is 6.10 Å². The van der Waals surface area contributed by atoms with Crippen LogP contribution in [0, 0.1) is 5.82 Å². The average molecular weight is 262 g/mol. The maximum absolute atomic E-state index is 13.0. The Bertz CT molecular complexity index is 525. The van der Waals surface area contributed by atoms with Crippen molar-refractivity contribution in [3.8, 4) is 11.5 Å². The van der Waals surface area contributed by atoms with Gasteiger partial charge in [-0.2, -0.15) is 0 Å². The summed E-state index contributed by atoms with van der Waals surface area (Å²) < 4.78 is 23.5. The fraction of sp³-hybridized carbons (Fsp3) is 0.200. The van der Waals surface area contributed by atoms with Gasteiger partial charge in [0.05, 0.1) is 7.11 Å². The summed E-state index contributed by atoms with van der Waals surface area (Å²) in [6, 6.07) is 12.9. The first kappa shape index (κ1) is 13.4. The molecule has 1 N–H and O–H groups in total. The van der Waals surface area contributed by atoms with Crippen molar-refractivity contribution in [3.63, 3.8) is 0 Å². The summed E-state index contributed by atoms with van der Waals surface area (Å²) >= 11 is 0. The number of ether oxygens (including phenoxy) is 2. The van der Waals surface area contributed by atoms with Gasteiger partial charge >= 0.3 is 0 Å². The maximum atomic E-state index is 13.0. The van der Waals surface area contributed by atoms with Gasteiger partial charge in [0.25, 0.3) is 0 Å². The highest BCUT2D eigenvalue weighted by atomic mass is 19.1. The Morgan fingerprint density at radius 3 is 2.42 bits per heavy atom. The largest absolute Gasteiger partial charge is 0.497 e. The first-order chi connectivity index (χ1) is 9.19. The van der Waals surface area contributed by atoms with E-state index in [1.54, 1.807) is 43.5 Å². The van der Waals surface area contributed by atoms with E-state index in [9.17, 15) is 9.50 Å². The number of rotatable bonds is 5. The smallest absolute Gasteiger partial charge is 0.123 e. The molecule has 0 aromatic heterocycles. The van der Waals surface area contributed by atoms with E-state index in [0.717, 1.165) is 5.75 Å². The van der Waals surface area contributed by atoms with Gasteiger partial charge in [0.1, 0.15) is 30.0 Å². The van der Waals surface area contributed by atoms with Crippen LogP contribution in [0.5, 0.6) is 11.5 Å². The lowest BCUT2D eigenvalue weighted by molar-refractivity contribution is 0.108. The Balaban J connectivity index is 1.94. The van der Waals surface area contributed by atoms with Gasteiger partial charge in [-0.25, -0.2) is 4.39 Å². The summed E-state index contributed by atoms with van der Waals surface area (Å²) in [5, 5.41) is 9.89. The summed E-state index contributed by atoms with van der Waals surface area (Å²) in [6.07, 6.45) is -0.863.